The van der Waals surface area contributed by atoms with Gasteiger partial charge in [-0.15, -0.1) is 0 Å². The van der Waals surface area contributed by atoms with Crippen LogP contribution in [-0.4, -0.2) is 63.3 Å². The molecule has 3 saturated heterocycles. The van der Waals surface area contributed by atoms with E-state index in [0.29, 0.717) is 23.5 Å². The van der Waals surface area contributed by atoms with Crippen molar-refractivity contribution in [2.24, 2.45) is 5.92 Å². The van der Waals surface area contributed by atoms with Gasteiger partial charge in [-0.25, -0.2) is 14.5 Å². The van der Waals surface area contributed by atoms with Crippen molar-refractivity contribution in [2.45, 2.75) is 57.2 Å². The number of pyridine rings is 3. The number of fused-ring (bicyclic) bond motifs is 3. The van der Waals surface area contributed by atoms with Crippen molar-refractivity contribution in [3.8, 4) is 23.1 Å². The van der Waals surface area contributed by atoms with E-state index in [1.54, 1.807) is 13.3 Å². The van der Waals surface area contributed by atoms with Gasteiger partial charge in [-0.1, -0.05) is 25.3 Å². The first-order valence-electron chi connectivity index (χ1n) is 14.8. The second-order valence-corrected chi connectivity index (χ2v) is 11.7. The summed E-state index contributed by atoms with van der Waals surface area (Å²) >= 11 is 0. The van der Waals surface area contributed by atoms with Gasteiger partial charge in [0.1, 0.15) is 11.9 Å². The van der Waals surface area contributed by atoms with Crippen LogP contribution in [-0.2, 0) is 6.54 Å². The minimum atomic E-state index is 0.522. The molecular weight excluding hydrogens is 512 g/mol. The number of anilines is 2. The standard InChI is InChI=1S/C32H36N8O/c1-41-31-10-7-23(15-36-31)18-39-27-12-28(39)21-38(20-27)30-9-8-24(16-35-30)29-11-26(34-14-22-5-3-2-4-6-22)19-40-32(29)25(13-33)17-37-40/h7-11,15-17,19,22,27-28,34H,2-6,12,14,18,20-21H2,1H3. The first kappa shape index (κ1) is 25.8. The minimum Gasteiger partial charge on any atom is -0.481 e. The van der Waals surface area contributed by atoms with Gasteiger partial charge < -0.3 is 15.0 Å². The Labute approximate surface area is 240 Å². The molecule has 4 fully saturated rings. The second kappa shape index (κ2) is 11.0. The summed E-state index contributed by atoms with van der Waals surface area (Å²) in [5.41, 5.74) is 5.62. The van der Waals surface area contributed by atoms with E-state index in [4.69, 9.17) is 9.72 Å². The van der Waals surface area contributed by atoms with Gasteiger partial charge in [0.05, 0.1) is 36.3 Å². The predicted octanol–water partition coefficient (Wildman–Crippen LogP) is 5.13. The summed E-state index contributed by atoms with van der Waals surface area (Å²) in [6, 6.07) is 13.8. The number of hydrogen-bond donors (Lipinski definition) is 1. The fraction of sp³-hybridized carbons (Fsp3) is 0.438. The molecule has 2 unspecified atom stereocenters. The van der Waals surface area contributed by atoms with E-state index in [1.807, 2.05) is 29.2 Å². The monoisotopic (exact) mass is 548 g/mol. The Bertz CT molecular complexity index is 1540. The Morgan fingerprint density at radius 1 is 1.02 bits per heavy atom. The number of aromatic nitrogens is 4. The Morgan fingerprint density at radius 3 is 2.59 bits per heavy atom. The topological polar surface area (TPSA) is 94.6 Å². The number of piperazine rings is 1. The Morgan fingerprint density at radius 2 is 1.88 bits per heavy atom. The average Bonchev–Trinajstić information content (AvgIpc) is 3.46. The number of nitrogens with one attached hydrogen (secondary N) is 1. The third-order valence-corrected chi connectivity index (χ3v) is 9.15. The zero-order valence-electron chi connectivity index (χ0n) is 23.5. The molecule has 0 spiro atoms. The van der Waals surface area contributed by atoms with Crippen LogP contribution in [0, 0.1) is 17.2 Å². The van der Waals surface area contributed by atoms with Gasteiger partial charge in [0.15, 0.2) is 0 Å². The van der Waals surface area contributed by atoms with Crippen LogP contribution in [0.1, 0.15) is 49.7 Å². The normalized spacial score (nSPS) is 20.9. The highest BCUT2D eigenvalue weighted by atomic mass is 16.5. The van der Waals surface area contributed by atoms with Crippen LogP contribution >= 0.6 is 0 Å². The molecule has 41 heavy (non-hydrogen) atoms. The zero-order valence-corrected chi connectivity index (χ0v) is 23.5. The molecule has 9 nitrogen and oxygen atoms in total. The van der Waals surface area contributed by atoms with E-state index >= 15 is 0 Å². The van der Waals surface area contributed by atoms with Crippen LogP contribution in [0.2, 0.25) is 0 Å². The maximum Gasteiger partial charge on any atom is 0.212 e. The van der Waals surface area contributed by atoms with E-state index in [-0.39, 0.29) is 0 Å². The minimum absolute atomic E-state index is 0.522. The molecule has 8 rings (SSSR count). The van der Waals surface area contributed by atoms with Gasteiger partial charge in [-0.2, -0.15) is 10.4 Å². The van der Waals surface area contributed by atoms with Crippen LogP contribution in [0.3, 0.4) is 0 Å². The summed E-state index contributed by atoms with van der Waals surface area (Å²) in [5, 5.41) is 17.9. The molecule has 2 atom stereocenters. The zero-order chi connectivity index (χ0) is 27.8. The number of ether oxygens (including phenoxy) is 1. The van der Waals surface area contributed by atoms with E-state index < -0.39 is 0 Å². The van der Waals surface area contributed by atoms with E-state index in [0.717, 1.165) is 60.2 Å². The van der Waals surface area contributed by atoms with Crippen molar-refractivity contribution in [2.75, 3.05) is 37.0 Å². The molecule has 210 valence electrons. The third-order valence-electron chi connectivity index (χ3n) is 9.15. The second-order valence-electron chi connectivity index (χ2n) is 11.7. The average molecular weight is 549 g/mol. The van der Waals surface area contributed by atoms with E-state index in [2.05, 4.69) is 55.5 Å². The highest BCUT2D eigenvalue weighted by Gasteiger charge is 2.44. The lowest BCUT2D eigenvalue weighted by Gasteiger charge is -2.56. The van der Waals surface area contributed by atoms with Crippen LogP contribution in [0.25, 0.3) is 16.6 Å². The van der Waals surface area contributed by atoms with Crippen LogP contribution in [0.5, 0.6) is 5.88 Å². The Balaban J connectivity index is 1.07. The summed E-state index contributed by atoms with van der Waals surface area (Å²) in [4.78, 5) is 14.3. The Hall–Kier alpha value is -4.16. The molecule has 1 N–H and O–H groups in total. The summed E-state index contributed by atoms with van der Waals surface area (Å²) < 4.78 is 7.03. The number of piperidine rings is 1. The van der Waals surface area contributed by atoms with Crippen LogP contribution in [0.15, 0.2) is 55.1 Å². The molecule has 9 heteroatoms. The molecule has 0 aromatic carbocycles. The third kappa shape index (κ3) is 5.08. The van der Waals surface area contributed by atoms with Crippen molar-refractivity contribution in [3.05, 3.63) is 66.2 Å². The largest absolute Gasteiger partial charge is 0.481 e. The molecule has 4 aliphatic rings. The summed E-state index contributed by atoms with van der Waals surface area (Å²) in [7, 11) is 1.64. The van der Waals surface area contributed by atoms with Crippen molar-refractivity contribution < 1.29 is 4.74 Å². The molecule has 1 saturated carbocycles. The molecule has 0 radical (unpaired) electrons. The van der Waals surface area contributed by atoms with Crippen LogP contribution in [0.4, 0.5) is 11.5 Å². The number of nitrogens with zero attached hydrogens (tertiary/aromatic N) is 7. The highest BCUT2D eigenvalue weighted by molar-refractivity contribution is 5.86. The maximum atomic E-state index is 9.77. The predicted molar refractivity (Wildman–Crippen MR) is 159 cm³/mol. The van der Waals surface area contributed by atoms with Crippen molar-refractivity contribution in [1.29, 1.82) is 5.26 Å². The fourth-order valence-electron chi connectivity index (χ4n) is 6.87. The van der Waals surface area contributed by atoms with Gasteiger partial charge in [-0.3, -0.25) is 4.90 Å². The quantitative estimate of drug-likeness (QED) is 0.324. The maximum absolute atomic E-state index is 9.77. The van der Waals surface area contributed by atoms with E-state index in [1.165, 1.54) is 44.1 Å². The van der Waals surface area contributed by atoms with Gasteiger partial charge >= 0.3 is 0 Å². The SMILES string of the molecule is COc1ccc(CN2C3CC2CN(c2ccc(-c4cc(NCC5CCCCC5)cn5ncc(C#N)c45)cn2)C3)cn1. The number of hydrogen-bond acceptors (Lipinski definition) is 8. The van der Waals surface area contributed by atoms with Gasteiger partial charge in [0, 0.05) is 67.8 Å². The lowest BCUT2D eigenvalue weighted by atomic mass is 9.87. The summed E-state index contributed by atoms with van der Waals surface area (Å²) in [6.45, 7) is 3.83. The molecule has 7 heterocycles. The van der Waals surface area contributed by atoms with Gasteiger partial charge in [0.25, 0.3) is 0 Å². The first-order valence-corrected chi connectivity index (χ1v) is 14.8. The fourth-order valence-corrected chi connectivity index (χ4v) is 6.87. The van der Waals surface area contributed by atoms with E-state index in [9.17, 15) is 5.26 Å². The first-order chi connectivity index (χ1) is 20.2. The van der Waals surface area contributed by atoms with Crippen molar-refractivity contribution in [1.82, 2.24) is 24.5 Å². The molecule has 4 aromatic heterocycles. The number of methoxy groups -OCH3 is 1. The van der Waals surface area contributed by atoms with Crippen molar-refractivity contribution >= 4 is 17.0 Å². The molecule has 2 bridgehead atoms. The lowest BCUT2D eigenvalue weighted by Crippen LogP contribution is -2.68. The Kier molecular flexibility index (Phi) is 6.93. The lowest BCUT2D eigenvalue weighted by molar-refractivity contribution is -0.00876. The number of nitriles is 1. The molecule has 0 amide bonds. The number of rotatable bonds is 8. The summed E-state index contributed by atoms with van der Waals surface area (Å²) in [5.74, 6) is 2.38. The molecule has 3 aliphatic heterocycles. The van der Waals surface area contributed by atoms with Gasteiger partial charge in [0.2, 0.25) is 5.88 Å². The molecular formula is C32H36N8O. The van der Waals surface area contributed by atoms with Gasteiger partial charge in [-0.05, 0) is 48.9 Å². The van der Waals surface area contributed by atoms with Crippen molar-refractivity contribution in [3.63, 3.8) is 0 Å². The summed E-state index contributed by atoms with van der Waals surface area (Å²) in [6.07, 6.45) is 15.4. The molecule has 1 aliphatic carbocycles. The smallest absolute Gasteiger partial charge is 0.212 e. The van der Waals surface area contributed by atoms with Crippen LogP contribution < -0.4 is 15.0 Å². The highest BCUT2D eigenvalue weighted by Crippen LogP contribution is 2.36. The molecule has 4 aromatic rings.